The molecule has 1 atom stereocenters. The number of carbonyl (C=O) groups is 2. The molecular formula is C12H11ClN2O2. The predicted octanol–water partition coefficient (Wildman–Crippen LogP) is 1.41. The average molecular weight is 251 g/mol. The SMILES string of the molecule is O=C1NC(=O)C2(CCc3c(Cl)cccc3C2)N1. The first-order chi connectivity index (χ1) is 8.11. The van der Waals surface area contributed by atoms with Crippen LogP contribution >= 0.6 is 11.6 Å². The second-order valence-electron chi connectivity index (χ2n) is 4.54. The monoisotopic (exact) mass is 250 g/mol. The van der Waals surface area contributed by atoms with E-state index in [0.29, 0.717) is 19.3 Å². The van der Waals surface area contributed by atoms with Crippen LogP contribution in [-0.2, 0) is 17.6 Å². The van der Waals surface area contributed by atoms with Crippen LogP contribution in [0.25, 0.3) is 0 Å². The smallest absolute Gasteiger partial charge is 0.322 e. The van der Waals surface area contributed by atoms with Gasteiger partial charge in [0.15, 0.2) is 0 Å². The number of nitrogens with one attached hydrogen (secondary N) is 2. The molecule has 1 aliphatic carbocycles. The molecule has 0 radical (unpaired) electrons. The van der Waals surface area contributed by atoms with E-state index in [1.807, 2.05) is 18.2 Å². The molecule has 2 aliphatic rings. The fourth-order valence-corrected chi connectivity index (χ4v) is 2.92. The minimum atomic E-state index is -0.769. The summed E-state index contributed by atoms with van der Waals surface area (Å²) in [7, 11) is 0. The van der Waals surface area contributed by atoms with Gasteiger partial charge >= 0.3 is 6.03 Å². The predicted molar refractivity (Wildman–Crippen MR) is 62.9 cm³/mol. The van der Waals surface area contributed by atoms with E-state index in [-0.39, 0.29) is 5.91 Å². The highest BCUT2D eigenvalue weighted by Gasteiger charge is 2.47. The highest BCUT2D eigenvalue weighted by molar-refractivity contribution is 6.31. The standard InChI is InChI=1S/C12H11ClN2O2/c13-9-3-1-2-7-6-12(5-4-8(7)9)10(16)14-11(17)15-12/h1-3H,4-6H2,(H2,14,15,16,17). The molecule has 1 unspecified atom stereocenters. The van der Waals surface area contributed by atoms with Gasteiger partial charge in [-0.2, -0.15) is 0 Å². The molecule has 1 aromatic carbocycles. The second kappa shape index (κ2) is 3.47. The number of rotatable bonds is 0. The molecule has 1 saturated heterocycles. The summed E-state index contributed by atoms with van der Waals surface area (Å²) in [6, 6.07) is 5.28. The Labute approximate surface area is 103 Å². The molecule has 1 aromatic rings. The molecule has 1 aliphatic heterocycles. The lowest BCUT2D eigenvalue weighted by Crippen LogP contribution is -2.51. The third kappa shape index (κ3) is 1.52. The van der Waals surface area contributed by atoms with Gasteiger partial charge in [-0.15, -0.1) is 0 Å². The Morgan fingerprint density at radius 2 is 2.12 bits per heavy atom. The zero-order valence-corrected chi connectivity index (χ0v) is 9.80. The average Bonchev–Trinajstić information content (AvgIpc) is 2.53. The van der Waals surface area contributed by atoms with E-state index in [9.17, 15) is 9.59 Å². The molecule has 2 N–H and O–H groups in total. The summed E-state index contributed by atoms with van der Waals surface area (Å²) in [5, 5.41) is 5.78. The minimum Gasteiger partial charge on any atom is -0.323 e. The van der Waals surface area contributed by atoms with Crippen molar-refractivity contribution in [2.75, 3.05) is 0 Å². The van der Waals surface area contributed by atoms with Gasteiger partial charge in [0, 0.05) is 11.4 Å². The summed E-state index contributed by atoms with van der Waals surface area (Å²) in [5.41, 5.74) is 1.37. The summed E-state index contributed by atoms with van der Waals surface area (Å²) >= 11 is 6.11. The number of fused-ring (bicyclic) bond motifs is 1. The quantitative estimate of drug-likeness (QED) is 0.684. The van der Waals surface area contributed by atoms with Crippen molar-refractivity contribution < 1.29 is 9.59 Å². The Hall–Kier alpha value is -1.55. The summed E-state index contributed by atoms with van der Waals surface area (Å²) < 4.78 is 0. The Bertz CT molecular complexity index is 529. The number of carbonyl (C=O) groups excluding carboxylic acids is 2. The molecule has 4 nitrogen and oxygen atoms in total. The van der Waals surface area contributed by atoms with Crippen LogP contribution in [0.4, 0.5) is 4.79 Å². The van der Waals surface area contributed by atoms with Gasteiger partial charge in [0.05, 0.1) is 0 Å². The first-order valence-electron chi connectivity index (χ1n) is 5.51. The normalized spacial score (nSPS) is 26.6. The van der Waals surface area contributed by atoms with Gasteiger partial charge in [-0.3, -0.25) is 10.1 Å². The third-order valence-electron chi connectivity index (χ3n) is 3.52. The first-order valence-corrected chi connectivity index (χ1v) is 5.88. The maximum absolute atomic E-state index is 11.8. The van der Waals surface area contributed by atoms with Crippen molar-refractivity contribution in [3.63, 3.8) is 0 Å². The summed E-state index contributed by atoms with van der Waals surface area (Å²) in [5.74, 6) is -0.229. The number of benzene rings is 1. The largest absolute Gasteiger partial charge is 0.323 e. The van der Waals surface area contributed by atoms with Crippen molar-refractivity contribution in [2.24, 2.45) is 0 Å². The highest BCUT2D eigenvalue weighted by Crippen LogP contribution is 2.34. The van der Waals surface area contributed by atoms with Gasteiger partial charge in [-0.1, -0.05) is 23.7 Å². The maximum atomic E-state index is 11.8. The molecule has 0 bridgehead atoms. The van der Waals surface area contributed by atoms with E-state index < -0.39 is 11.6 Å². The molecule has 1 fully saturated rings. The van der Waals surface area contributed by atoms with Crippen LogP contribution in [0.1, 0.15) is 17.5 Å². The van der Waals surface area contributed by atoms with Crippen molar-refractivity contribution >= 4 is 23.5 Å². The molecule has 17 heavy (non-hydrogen) atoms. The highest BCUT2D eigenvalue weighted by atomic mass is 35.5. The molecule has 1 heterocycles. The minimum absolute atomic E-state index is 0.229. The van der Waals surface area contributed by atoms with Gasteiger partial charge in [0.1, 0.15) is 5.54 Å². The van der Waals surface area contributed by atoms with Crippen LogP contribution in [0.2, 0.25) is 5.02 Å². The summed E-state index contributed by atoms with van der Waals surface area (Å²) in [6.45, 7) is 0. The number of amides is 3. The van der Waals surface area contributed by atoms with E-state index in [0.717, 1.165) is 16.1 Å². The lowest BCUT2D eigenvalue weighted by atomic mass is 9.78. The van der Waals surface area contributed by atoms with Crippen LogP contribution in [0.15, 0.2) is 18.2 Å². The van der Waals surface area contributed by atoms with Crippen molar-refractivity contribution in [1.29, 1.82) is 0 Å². The second-order valence-corrected chi connectivity index (χ2v) is 4.95. The Kier molecular flexibility index (Phi) is 2.16. The van der Waals surface area contributed by atoms with Gasteiger partial charge < -0.3 is 5.32 Å². The number of halogens is 1. The van der Waals surface area contributed by atoms with Crippen molar-refractivity contribution in [3.05, 3.63) is 34.3 Å². The van der Waals surface area contributed by atoms with E-state index in [2.05, 4.69) is 10.6 Å². The number of hydrogen-bond acceptors (Lipinski definition) is 2. The zero-order chi connectivity index (χ0) is 12.0. The summed E-state index contributed by atoms with van der Waals surface area (Å²) in [6.07, 6.45) is 1.82. The Balaban J connectivity index is 2.01. The van der Waals surface area contributed by atoms with Crippen LogP contribution in [0, 0.1) is 0 Å². The molecule has 1 spiro atoms. The lowest BCUT2D eigenvalue weighted by molar-refractivity contribution is -0.124. The van der Waals surface area contributed by atoms with Crippen molar-refractivity contribution in [3.8, 4) is 0 Å². The van der Waals surface area contributed by atoms with E-state index in [4.69, 9.17) is 11.6 Å². The van der Waals surface area contributed by atoms with Crippen LogP contribution in [0.3, 0.4) is 0 Å². The molecule has 3 rings (SSSR count). The van der Waals surface area contributed by atoms with E-state index >= 15 is 0 Å². The Morgan fingerprint density at radius 3 is 2.82 bits per heavy atom. The molecule has 3 amide bonds. The van der Waals surface area contributed by atoms with Crippen molar-refractivity contribution in [1.82, 2.24) is 10.6 Å². The number of hydrogen-bond donors (Lipinski definition) is 2. The lowest BCUT2D eigenvalue weighted by Gasteiger charge is -2.32. The topological polar surface area (TPSA) is 58.2 Å². The van der Waals surface area contributed by atoms with Gasteiger partial charge in [0.2, 0.25) is 0 Å². The van der Waals surface area contributed by atoms with Gasteiger partial charge in [0.25, 0.3) is 5.91 Å². The van der Waals surface area contributed by atoms with Gasteiger partial charge in [-0.25, -0.2) is 4.79 Å². The maximum Gasteiger partial charge on any atom is 0.322 e. The fraction of sp³-hybridized carbons (Fsp3) is 0.333. The number of imide groups is 1. The molecule has 0 saturated carbocycles. The van der Waals surface area contributed by atoms with Crippen LogP contribution in [0.5, 0.6) is 0 Å². The fourth-order valence-electron chi connectivity index (χ4n) is 2.63. The van der Waals surface area contributed by atoms with Gasteiger partial charge in [-0.05, 0) is 30.0 Å². The van der Waals surface area contributed by atoms with E-state index in [1.165, 1.54) is 0 Å². The molecule has 5 heteroatoms. The molecule has 88 valence electrons. The van der Waals surface area contributed by atoms with Crippen LogP contribution < -0.4 is 10.6 Å². The number of urea groups is 1. The first kappa shape index (κ1) is 10.6. The zero-order valence-electron chi connectivity index (χ0n) is 9.05. The van der Waals surface area contributed by atoms with E-state index in [1.54, 1.807) is 0 Å². The summed E-state index contributed by atoms with van der Waals surface area (Å²) in [4.78, 5) is 23.1. The van der Waals surface area contributed by atoms with Crippen LogP contribution in [-0.4, -0.2) is 17.5 Å². The Morgan fingerprint density at radius 1 is 1.29 bits per heavy atom. The van der Waals surface area contributed by atoms with Crippen molar-refractivity contribution in [2.45, 2.75) is 24.8 Å². The third-order valence-corrected chi connectivity index (χ3v) is 3.88. The molecular weight excluding hydrogens is 240 g/mol. The molecule has 0 aromatic heterocycles.